The second-order valence-electron chi connectivity index (χ2n) is 3.61. The molecule has 1 saturated heterocycles. The topological polar surface area (TPSA) is 51.0 Å². The predicted molar refractivity (Wildman–Crippen MR) is 55.1 cm³/mol. The van der Waals surface area contributed by atoms with Crippen LogP contribution in [0.25, 0.3) is 0 Å². The molecule has 1 fully saturated rings. The van der Waals surface area contributed by atoms with Gasteiger partial charge in [-0.05, 0) is 18.9 Å². The summed E-state index contributed by atoms with van der Waals surface area (Å²) < 4.78 is 0. The van der Waals surface area contributed by atoms with Gasteiger partial charge in [-0.3, -0.25) is 4.79 Å². The third-order valence-corrected chi connectivity index (χ3v) is 2.71. The van der Waals surface area contributed by atoms with E-state index in [2.05, 4.69) is 16.8 Å². The van der Waals surface area contributed by atoms with Crippen LogP contribution in [0.5, 0.6) is 0 Å². The monoisotopic (exact) mass is 206 g/mol. The van der Waals surface area contributed by atoms with Gasteiger partial charge in [0.05, 0.1) is 18.4 Å². The second kappa shape index (κ2) is 4.25. The van der Waals surface area contributed by atoms with E-state index in [0.29, 0.717) is 6.04 Å². The number of hydrogen-bond donors (Lipinski definition) is 0. The largest absolute Gasteiger partial charge is 0.339 e. The van der Waals surface area contributed by atoms with E-state index < -0.39 is 0 Å². The molecular weight excluding hydrogens is 192 g/mol. The fourth-order valence-corrected chi connectivity index (χ4v) is 1.86. The Bertz CT molecular complexity index is 338. The Kier molecular flexibility index (Phi) is 2.80. The van der Waals surface area contributed by atoms with Crippen LogP contribution < -0.4 is 0 Å². The molecule has 1 aliphatic rings. The van der Waals surface area contributed by atoms with Gasteiger partial charge in [0.15, 0.2) is 0 Å². The molecule has 0 unspecified atom stereocenters. The van der Waals surface area contributed by atoms with E-state index in [1.54, 1.807) is 17.2 Å². The van der Waals surface area contributed by atoms with Crippen LogP contribution in [0.2, 0.25) is 0 Å². The first-order valence-electron chi connectivity index (χ1n) is 5.08. The minimum atomic E-state index is 0.0156. The van der Waals surface area contributed by atoms with Gasteiger partial charge in [-0.25, -0.2) is 0 Å². The van der Waals surface area contributed by atoms with Gasteiger partial charge in [0.2, 0.25) is 5.91 Å². The third-order valence-electron chi connectivity index (χ3n) is 2.71. The standard InChI is InChI=1S/C10H14N4O/c1-2-10(15)13-7-3-9(4-8-13)14-11-5-6-12-14/h2,5-6,9H,1,3-4,7-8H2. The summed E-state index contributed by atoms with van der Waals surface area (Å²) in [5.74, 6) is 0.0156. The first-order valence-corrected chi connectivity index (χ1v) is 5.08. The van der Waals surface area contributed by atoms with Gasteiger partial charge in [-0.1, -0.05) is 6.58 Å². The highest BCUT2D eigenvalue weighted by Crippen LogP contribution is 2.20. The maximum absolute atomic E-state index is 11.3. The molecule has 2 rings (SSSR count). The number of likely N-dealkylation sites (tertiary alicyclic amines) is 1. The number of aromatic nitrogens is 3. The van der Waals surface area contributed by atoms with Crippen molar-refractivity contribution in [2.45, 2.75) is 18.9 Å². The molecule has 1 amide bonds. The molecule has 0 saturated carbocycles. The molecule has 1 aromatic rings. The van der Waals surface area contributed by atoms with Crippen molar-refractivity contribution in [1.82, 2.24) is 19.9 Å². The first-order chi connectivity index (χ1) is 7.31. The molecule has 0 aliphatic carbocycles. The summed E-state index contributed by atoms with van der Waals surface area (Å²) in [5.41, 5.74) is 0. The molecule has 1 aromatic heterocycles. The van der Waals surface area contributed by atoms with E-state index in [1.807, 2.05) is 4.90 Å². The Labute approximate surface area is 88.4 Å². The number of hydrogen-bond acceptors (Lipinski definition) is 3. The zero-order valence-corrected chi connectivity index (χ0v) is 8.54. The Morgan fingerprint density at radius 1 is 1.33 bits per heavy atom. The maximum Gasteiger partial charge on any atom is 0.245 e. The number of carbonyl (C=O) groups is 1. The lowest BCUT2D eigenvalue weighted by atomic mass is 10.1. The van der Waals surface area contributed by atoms with Gasteiger partial charge < -0.3 is 4.90 Å². The van der Waals surface area contributed by atoms with Crippen molar-refractivity contribution in [2.24, 2.45) is 0 Å². The van der Waals surface area contributed by atoms with E-state index >= 15 is 0 Å². The average molecular weight is 206 g/mol. The average Bonchev–Trinajstić information content (AvgIpc) is 2.82. The highest BCUT2D eigenvalue weighted by Gasteiger charge is 2.23. The second-order valence-corrected chi connectivity index (χ2v) is 3.61. The van der Waals surface area contributed by atoms with E-state index in [4.69, 9.17) is 0 Å². The quantitative estimate of drug-likeness (QED) is 0.667. The molecule has 0 spiro atoms. The molecule has 5 nitrogen and oxygen atoms in total. The van der Waals surface area contributed by atoms with Gasteiger partial charge in [0.1, 0.15) is 0 Å². The third kappa shape index (κ3) is 2.06. The van der Waals surface area contributed by atoms with E-state index in [9.17, 15) is 4.79 Å². The normalized spacial score (nSPS) is 17.7. The molecule has 15 heavy (non-hydrogen) atoms. The molecule has 0 bridgehead atoms. The fraction of sp³-hybridized carbons (Fsp3) is 0.500. The lowest BCUT2D eigenvalue weighted by Crippen LogP contribution is -2.38. The minimum Gasteiger partial charge on any atom is -0.339 e. The Hall–Kier alpha value is -1.65. The lowest BCUT2D eigenvalue weighted by molar-refractivity contribution is -0.127. The molecule has 80 valence electrons. The van der Waals surface area contributed by atoms with E-state index in [-0.39, 0.29) is 5.91 Å². The Balaban J connectivity index is 1.92. The molecule has 5 heteroatoms. The summed E-state index contributed by atoms with van der Waals surface area (Å²) in [4.78, 5) is 14.9. The fourth-order valence-electron chi connectivity index (χ4n) is 1.86. The zero-order valence-electron chi connectivity index (χ0n) is 8.54. The highest BCUT2D eigenvalue weighted by atomic mass is 16.2. The summed E-state index contributed by atoms with van der Waals surface area (Å²) in [6.07, 6.45) is 6.55. The van der Waals surface area contributed by atoms with Crippen molar-refractivity contribution in [2.75, 3.05) is 13.1 Å². The Morgan fingerprint density at radius 2 is 1.93 bits per heavy atom. The maximum atomic E-state index is 11.3. The van der Waals surface area contributed by atoms with Crippen LogP contribution in [0.15, 0.2) is 25.0 Å². The van der Waals surface area contributed by atoms with Crippen molar-refractivity contribution < 1.29 is 4.79 Å². The molecule has 0 atom stereocenters. The van der Waals surface area contributed by atoms with Gasteiger partial charge in [0.25, 0.3) is 0 Å². The van der Waals surface area contributed by atoms with Crippen LogP contribution in [0, 0.1) is 0 Å². The molecule has 2 heterocycles. The first kappa shape index (κ1) is 9.89. The van der Waals surface area contributed by atoms with E-state index in [0.717, 1.165) is 25.9 Å². The van der Waals surface area contributed by atoms with E-state index in [1.165, 1.54) is 6.08 Å². The summed E-state index contributed by atoms with van der Waals surface area (Å²) in [5, 5.41) is 8.22. The van der Waals surface area contributed by atoms with Crippen LogP contribution in [0.4, 0.5) is 0 Å². The summed E-state index contributed by atoms with van der Waals surface area (Å²) in [6.45, 7) is 5.01. The van der Waals surface area contributed by atoms with Crippen molar-refractivity contribution in [1.29, 1.82) is 0 Å². The van der Waals surface area contributed by atoms with Gasteiger partial charge in [-0.2, -0.15) is 15.0 Å². The van der Waals surface area contributed by atoms with Gasteiger partial charge in [-0.15, -0.1) is 0 Å². The van der Waals surface area contributed by atoms with Crippen LogP contribution >= 0.6 is 0 Å². The lowest BCUT2D eigenvalue weighted by Gasteiger charge is -2.30. The van der Waals surface area contributed by atoms with Crippen molar-refractivity contribution >= 4 is 5.91 Å². The zero-order chi connectivity index (χ0) is 10.7. The van der Waals surface area contributed by atoms with Crippen LogP contribution in [-0.4, -0.2) is 38.9 Å². The Morgan fingerprint density at radius 3 is 2.47 bits per heavy atom. The molecule has 0 aromatic carbocycles. The van der Waals surface area contributed by atoms with Crippen molar-refractivity contribution in [3.05, 3.63) is 25.0 Å². The molecule has 0 radical (unpaired) electrons. The number of amides is 1. The smallest absolute Gasteiger partial charge is 0.245 e. The summed E-state index contributed by atoms with van der Waals surface area (Å²) >= 11 is 0. The predicted octanol–water partition coefficient (Wildman–Crippen LogP) is 0.628. The van der Waals surface area contributed by atoms with Crippen molar-refractivity contribution in [3.8, 4) is 0 Å². The van der Waals surface area contributed by atoms with Gasteiger partial charge >= 0.3 is 0 Å². The van der Waals surface area contributed by atoms with Crippen LogP contribution in [-0.2, 0) is 4.79 Å². The van der Waals surface area contributed by atoms with Crippen LogP contribution in [0.3, 0.4) is 0 Å². The minimum absolute atomic E-state index is 0.0156. The molecule has 0 N–H and O–H groups in total. The number of piperidine rings is 1. The van der Waals surface area contributed by atoms with Crippen LogP contribution in [0.1, 0.15) is 18.9 Å². The van der Waals surface area contributed by atoms with Gasteiger partial charge in [0, 0.05) is 13.1 Å². The SMILES string of the molecule is C=CC(=O)N1CCC(n2nccn2)CC1. The number of rotatable bonds is 2. The highest BCUT2D eigenvalue weighted by molar-refractivity contribution is 5.87. The molecule has 1 aliphatic heterocycles. The summed E-state index contributed by atoms with van der Waals surface area (Å²) in [7, 11) is 0. The van der Waals surface area contributed by atoms with Crippen molar-refractivity contribution in [3.63, 3.8) is 0 Å². The number of nitrogens with zero attached hydrogens (tertiary/aromatic N) is 4. The number of carbonyl (C=O) groups excluding carboxylic acids is 1. The molecular formula is C10H14N4O. The summed E-state index contributed by atoms with van der Waals surface area (Å²) in [6, 6.07) is 0.328.